The fourth-order valence-electron chi connectivity index (χ4n) is 2.70. The number of hydrogen-bond acceptors (Lipinski definition) is 4. The van der Waals surface area contributed by atoms with Gasteiger partial charge in [0.1, 0.15) is 5.82 Å². The molecule has 0 radical (unpaired) electrons. The first-order chi connectivity index (χ1) is 9.33. The number of nitrogens with zero attached hydrogens (tertiary/aromatic N) is 3. The van der Waals surface area contributed by atoms with Crippen molar-refractivity contribution < 1.29 is 4.79 Å². The topological polar surface area (TPSA) is 58.1 Å². The predicted octanol–water partition coefficient (Wildman–Crippen LogP) is 1.36. The standard InChI is InChI=1S/C14H20N4O/c19-14(17-12-2-1-3-12)11-4-8-18(9-5-11)13-10-15-6-7-16-13/h6-7,10-12H,1-5,8-9H2,(H,17,19). The second kappa shape index (κ2) is 5.55. The van der Waals surface area contributed by atoms with E-state index in [1.165, 1.54) is 6.42 Å². The van der Waals surface area contributed by atoms with Gasteiger partial charge >= 0.3 is 0 Å². The summed E-state index contributed by atoms with van der Waals surface area (Å²) in [5, 5.41) is 3.16. The van der Waals surface area contributed by atoms with E-state index >= 15 is 0 Å². The zero-order valence-corrected chi connectivity index (χ0v) is 11.1. The molecule has 1 aromatic rings. The van der Waals surface area contributed by atoms with E-state index in [1.807, 2.05) is 0 Å². The maximum Gasteiger partial charge on any atom is 0.223 e. The minimum Gasteiger partial charge on any atom is -0.355 e. The highest BCUT2D eigenvalue weighted by atomic mass is 16.1. The monoisotopic (exact) mass is 260 g/mol. The van der Waals surface area contributed by atoms with Crippen LogP contribution in [-0.4, -0.2) is 35.0 Å². The maximum atomic E-state index is 12.1. The van der Waals surface area contributed by atoms with Gasteiger partial charge in [0.2, 0.25) is 5.91 Å². The Morgan fingerprint density at radius 1 is 1.21 bits per heavy atom. The molecule has 1 amide bonds. The normalized spacial score (nSPS) is 20.9. The molecule has 1 aromatic heterocycles. The summed E-state index contributed by atoms with van der Waals surface area (Å²) in [6.07, 6.45) is 10.6. The van der Waals surface area contributed by atoms with Gasteiger partial charge in [0.15, 0.2) is 0 Å². The number of amides is 1. The Labute approximate surface area is 113 Å². The van der Waals surface area contributed by atoms with Gasteiger partial charge in [0.25, 0.3) is 0 Å². The average molecular weight is 260 g/mol. The van der Waals surface area contributed by atoms with Crippen molar-refractivity contribution in [2.24, 2.45) is 5.92 Å². The van der Waals surface area contributed by atoms with E-state index in [0.717, 1.165) is 44.6 Å². The fraction of sp³-hybridized carbons (Fsp3) is 0.643. The molecule has 1 saturated heterocycles. The molecule has 5 nitrogen and oxygen atoms in total. The first-order valence-corrected chi connectivity index (χ1v) is 7.14. The zero-order chi connectivity index (χ0) is 13.1. The number of carbonyl (C=O) groups is 1. The lowest BCUT2D eigenvalue weighted by Crippen LogP contribution is -2.46. The molecule has 0 aromatic carbocycles. The molecule has 2 fully saturated rings. The van der Waals surface area contributed by atoms with Crippen molar-refractivity contribution in [2.45, 2.75) is 38.1 Å². The predicted molar refractivity (Wildman–Crippen MR) is 72.8 cm³/mol. The molecule has 2 heterocycles. The lowest BCUT2D eigenvalue weighted by molar-refractivity contribution is -0.126. The van der Waals surface area contributed by atoms with Gasteiger partial charge in [-0.25, -0.2) is 4.98 Å². The SMILES string of the molecule is O=C(NC1CCC1)C1CCN(c2cnccn2)CC1. The van der Waals surface area contributed by atoms with Crippen LogP contribution < -0.4 is 10.2 Å². The molecule has 5 heteroatoms. The number of aromatic nitrogens is 2. The van der Waals surface area contributed by atoms with Gasteiger partial charge in [-0.3, -0.25) is 9.78 Å². The van der Waals surface area contributed by atoms with Crippen molar-refractivity contribution in [1.82, 2.24) is 15.3 Å². The summed E-state index contributed by atoms with van der Waals surface area (Å²) in [5.74, 6) is 1.34. The van der Waals surface area contributed by atoms with Crippen LogP contribution >= 0.6 is 0 Å². The second-order valence-corrected chi connectivity index (χ2v) is 5.46. The van der Waals surface area contributed by atoms with Crippen molar-refractivity contribution in [3.8, 4) is 0 Å². The van der Waals surface area contributed by atoms with Crippen LogP contribution in [0.5, 0.6) is 0 Å². The summed E-state index contributed by atoms with van der Waals surface area (Å²) in [5.41, 5.74) is 0. The summed E-state index contributed by atoms with van der Waals surface area (Å²) < 4.78 is 0. The molecular formula is C14H20N4O. The molecule has 1 aliphatic carbocycles. The molecule has 3 rings (SSSR count). The van der Waals surface area contributed by atoms with Crippen LogP contribution in [0.3, 0.4) is 0 Å². The summed E-state index contributed by atoms with van der Waals surface area (Å²) in [7, 11) is 0. The largest absolute Gasteiger partial charge is 0.355 e. The quantitative estimate of drug-likeness (QED) is 0.891. The summed E-state index contributed by atoms with van der Waals surface area (Å²) in [6.45, 7) is 1.78. The molecule has 0 spiro atoms. The van der Waals surface area contributed by atoms with E-state index < -0.39 is 0 Å². The summed E-state index contributed by atoms with van der Waals surface area (Å²) in [4.78, 5) is 22.7. The first-order valence-electron chi connectivity index (χ1n) is 7.14. The minimum atomic E-state index is 0.175. The molecular weight excluding hydrogens is 240 g/mol. The Kier molecular flexibility index (Phi) is 3.62. The Hall–Kier alpha value is -1.65. The Balaban J connectivity index is 1.50. The first kappa shape index (κ1) is 12.4. The van der Waals surface area contributed by atoms with Gasteiger partial charge in [0, 0.05) is 37.4 Å². The van der Waals surface area contributed by atoms with E-state index in [0.29, 0.717) is 6.04 Å². The second-order valence-electron chi connectivity index (χ2n) is 5.46. The van der Waals surface area contributed by atoms with Crippen LogP contribution in [0.15, 0.2) is 18.6 Å². The molecule has 2 aliphatic rings. The molecule has 1 saturated carbocycles. The van der Waals surface area contributed by atoms with Gasteiger partial charge in [-0.05, 0) is 32.1 Å². The van der Waals surface area contributed by atoms with Crippen molar-refractivity contribution in [3.05, 3.63) is 18.6 Å². The van der Waals surface area contributed by atoms with Crippen LogP contribution in [0.4, 0.5) is 5.82 Å². The highest BCUT2D eigenvalue weighted by Gasteiger charge is 2.28. The number of hydrogen-bond donors (Lipinski definition) is 1. The summed E-state index contributed by atoms with van der Waals surface area (Å²) in [6, 6.07) is 0.450. The fourth-order valence-corrected chi connectivity index (χ4v) is 2.70. The lowest BCUT2D eigenvalue weighted by Gasteiger charge is -2.34. The number of nitrogens with one attached hydrogen (secondary N) is 1. The van der Waals surface area contributed by atoms with Crippen LogP contribution in [0.25, 0.3) is 0 Å². The van der Waals surface area contributed by atoms with Crippen LogP contribution in [0.1, 0.15) is 32.1 Å². The van der Waals surface area contributed by atoms with Gasteiger partial charge in [0.05, 0.1) is 6.20 Å². The Morgan fingerprint density at radius 2 is 2.00 bits per heavy atom. The maximum absolute atomic E-state index is 12.1. The van der Waals surface area contributed by atoms with Crippen LogP contribution in [0.2, 0.25) is 0 Å². The van der Waals surface area contributed by atoms with Gasteiger partial charge in [-0.2, -0.15) is 0 Å². The third-order valence-electron chi connectivity index (χ3n) is 4.19. The van der Waals surface area contributed by atoms with Crippen molar-refractivity contribution in [1.29, 1.82) is 0 Å². The van der Waals surface area contributed by atoms with Crippen molar-refractivity contribution in [3.63, 3.8) is 0 Å². The number of rotatable bonds is 3. The Bertz CT molecular complexity index is 424. The van der Waals surface area contributed by atoms with Gasteiger partial charge in [-0.15, -0.1) is 0 Å². The number of anilines is 1. The highest BCUT2D eigenvalue weighted by Crippen LogP contribution is 2.23. The van der Waals surface area contributed by atoms with Gasteiger partial charge in [-0.1, -0.05) is 0 Å². The molecule has 102 valence electrons. The smallest absolute Gasteiger partial charge is 0.223 e. The Morgan fingerprint density at radius 3 is 2.58 bits per heavy atom. The molecule has 0 bridgehead atoms. The molecule has 0 atom stereocenters. The third-order valence-corrected chi connectivity index (χ3v) is 4.19. The van der Waals surface area contributed by atoms with E-state index in [9.17, 15) is 4.79 Å². The summed E-state index contributed by atoms with van der Waals surface area (Å²) >= 11 is 0. The number of piperidine rings is 1. The highest BCUT2D eigenvalue weighted by molar-refractivity contribution is 5.79. The average Bonchev–Trinajstić information content (AvgIpc) is 2.44. The molecule has 19 heavy (non-hydrogen) atoms. The van der Waals surface area contributed by atoms with E-state index in [1.54, 1.807) is 18.6 Å². The van der Waals surface area contributed by atoms with Crippen LogP contribution in [0, 0.1) is 5.92 Å². The van der Waals surface area contributed by atoms with Crippen molar-refractivity contribution in [2.75, 3.05) is 18.0 Å². The molecule has 0 unspecified atom stereocenters. The van der Waals surface area contributed by atoms with Gasteiger partial charge < -0.3 is 10.2 Å². The van der Waals surface area contributed by atoms with Crippen molar-refractivity contribution >= 4 is 11.7 Å². The lowest BCUT2D eigenvalue weighted by atomic mass is 9.90. The number of carbonyl (C=O) groups excluding carboxylic acids is 1. The zero-order valence-electron chi connectivity index (χ0n) is 11.1. The van der Waals surface area contributed by atoms with E-state index in [-0.39, 0.29) is 11.8 Å². The minimum absolute atomic E-state index is 0.175. The molecule has 1 N–H and O–H groups in total. The third kappa shape index (κ3) is 2.85. The molecule has 1 aliphatic heterocycles. The van der Waals surface area contributed by atoms with E-state index in [2.05, 4.69) is 20.2 Å². The van der Waals surface area contributed by atoms with Crippen LogP contribution in [-0.2, 0) is 4.79 Å². The van der Waals surface area contributed by atoms with E-state index in [4.69, 9.17) is 0 Å².